The van der Waals surface area contributed by atoms with Crippen molar-refractivity contribution in [3.05, 3.63) is 34.9 Å². The van der Waals surface area contributed by atoms with Crippen LogP contribution in [0.1, 0.15) is 69.2 Å². The maximum atomic E-state index is 3.93. The molecule has 0 aliphatic heterocycles. The highest BCUT2D eigenvalue weighted by atomic mass is 15.0. The molecule has 0 aromatic heterocycles. The van der Waals surface area contributed by atoms with Crippen LogP contribution in [-0.2, 0) is 0 Å². The monoisotopic (exact) mass is 273 g/mol. The SMILES string of the molecule is Cc1ccc(C(C)NC2CCCCC2C(C)C)c(C)c1. The average molecular weight is 273 g/mol. The fraction of sp³-hybridized carbons (Fsp3) is 0.684. The van der Waals surface area contributed by atoms with Crippen LogP contribution < -0.4 is 5.32 Å². The molecule has 1 saturated carbocycles. The standard InChI is InChI=1S/C19H31N/c1-13(2)17-8-6-7-9-19(17)20-16(5)18-11-10-14(3)12-15(18)4/h10-13,16-17,19-20H,6-9H2,1-5H3. The summed E-state index contributed by atoms with van der Waals surface area (Å²) >= 11 is 0. The van der Waals surface area contributed by atoms with Crippen molar-refractivity contribution in [3.63, 3.8) is 0 Å². The molecule has 1 heteroatoms. The Morgan fingerprint density at radius 3 is 2.40 bits per heavy atom. The Morgan fingerprint density at radius 1 is 1.05 bits per heavy atom. The second-order valence-corrected chi connectivity index (χ2v) is 7.05. The lowest BCUT2D eigenvalue weighted by atomic mass is 9.77. The molecule has 1 aliphatic rings. The number of hydrogen-bond donors (Lipinski definition) is 1. The van der Waals surface area contributed by atoms with Gasteiger partial charge in [-0.3, -0.25) is 0 Å². The number of nitrogens with one attached hydrogen (secondary N) is 1. The summed E-state index contributed by atoms with van der Waals surface area (Å²) < 4.78 is 0. The quantitative estimate of drug-likeness (QED) is 0.798. The van der Waals surface area contributed by atoms with Crippen LogP contribution in [0.25, 0.3) is 0 Å². The van der Waals surface area contributed by atoms with Crippen molar-refractivity contribution in [1.82, 2.24) is 5.32 Å². The molecule has 112 valence electrons. The summed E-state index contributed by atoms with van der Waals surface area (Å²) in [7, 11) is 0. The molecule has 0 heterocycles. The van der Waals surface area contributed by atoms with Crippen LogP contribution in [0, 0.1) is 25.7 Å². The molecule has 1 aromatic carbocycles. The third-order valence-corrected chi connectivity index (χ3v) is 5.03. The van der Waals surface area contributed by atoms with Crippen molar-refractivity contribution >= 4 is 0 Å². The minimum atomic E-state index is 0.458. The van der Waals surface area contributed by atoms with Crippen LogP contribution in [0.15, 0.2) is 18.2 Å². The molecule has 3 unspecified atom stereocenters. The van der Waals surface area contributed by atoms with Crippen molar-refractivity contribution in [2.24, 2.45) is 11.8 Å². The van der Waals surface area contributed by atoms with Gasteiger partial charge in [0.05, 0.1) is 0 Å². The number of aryl methyl sites for hydroxylation is 2. The van der Waals surface area contributed by atoms with Gasteiger partial charge in [-0.15, -0.1) is 0 Å². The largest absolute Gasteiger partial charge is 0.307 e. The molecule has 1 fully saturated rings. The first-order valence-electron chi connectivity index (χ1n) is 8.32. The Hall–Kier alpha value is -0.820. The van der Waals surface area contributed by atoms with Gasteiger partial charge >= 0.3 is 0 Å². The van der Waals surface area contributed by atoms with Crippen LogP contribution in [0.3, 0.4) is 0 Å². The van der Waals surface area contributed by atoms with Gasteiger partial charge in [0.1, 0.15) is 0 Å². The minimum Gasteiger partial charge on any atom is -0.307 e. The van der Waals surface area contributed by atoms with E-state index >= 15 is 0 Å². The molecule has 0 bridgehead atoms. The molecule has 0 spiro atoms. The van der Waals surface area contributed by atoms with Gasteiger partial charge in [0.15, 0.2) is 0 Å². The second-order valence-electron chi connectivity index (χ2n) is 7.05. The first-order chi connectivity index (χ1) is 9.49. The van der Waals surface area contributed by atoms with Crippen LogP contribution >= 0.6 is 0 Å². The van der Waals surface area contributed by atoms with E-state index in [0.29, 0.717) is 12.1 Å². The van der Waals surface area contributed by atoms with Crippen molar-refractivity contribution < 1.29 is 0 Å². The first kappa shape index (κ1) is 15.6. The number of benzene rings is 1. The van der Waals surface area contributed by atoms with E-state index in [1.165, 1.54) is 42.4 Å². The van der Waals surface area contributed by atoms with Crippen molar-refractivity contribution in [3.8, 4) is 0 Å². The highest BCUT2D eigenvalue weighted by molar-refractivity contribution is 5.32. The molecule has 0 saturated heterocycles. The predicted octanol–water partition coefficient (Wildman–Crippen LogP) is 5.17. The van der Waals surface area contributed by atoms with Gasteiger partial charge in [-0.25, -0.2) is 0 Å². The zero-order valence-corrected chi connectivity index (χ0v) is 13.9. The Kier molecular flexibility index (Phi) is 5.26. The molecule has 1 nitrogen and oxygen atoms in total. The fourth-order valence-electron chi connectivity index (χ4n) is 3.89. The van der Waals surface area contributed by atoms with Crippen molar-refractivity contribution in [1.29, 1.82) is 0 Å². The predicted molar refractivity (Wildman–Crippen MR) is 88.1 cm³/mol. The lowest BCUT2D eigenvalue weighted by molar-refractivity contribution is 0.194. The second kappa shape index (κ2) is 6.76. The highest BCUT2D eigenvalue weighted by Gasteiger charge is 2.28. The lowest BCUT2D eigenvalue weighted by Gasteiger charge is -2.37. The Balaban J connectivity index is 2.07. The normalized spacial score (nSPS) is 24.9. The van der Waals surface area contributed by atoms with E-state index in [1.807, 2.05) is 0 Å². The number of hydrogen-bond acceptors (Lipinski definition) is 1. The van der Waals surface area contributed by atoms with Gasteiger partial charge < -0.3 is 5.32 Å². The summed E-state index contributed by atoms with van der Waals surface area (Å²) in [6.07, 6.45) is 5.55. The number of rotatable bonds is 4. The molecule has 1 aromatic rings. The molecular formula is C19H31N. The molecule has 0 radical (unpaired) electrons. The zero-order chi connectivity index (χ0) is 14.7. The summed E-state index contributed by atoms with van der Waals surface area (Å²) in [4.78, 5) is 0. The lowest BCUT2D eigenvalue weighted by Crippen LogP contribution is -2.42. The van der Waals surface area contributed by atoms with Gasteiger partial charge in [0, 0.05) is 12.1 Å². The molecule has 1 aliphatic carbocycles. The summed E-state index contributed by atoms with van der Waals surface area (Å²) in [5.74, 6) is 1.64. The van der Waals surface area contributed by atoms with Crippen LogP contribution in [0.4, 0.5) is 0 Å². The van der Waals surface area contributed by atoms with Crippen molar-refractivity contribution in [2.75, 3.05) is 0 Å². The van der Waals surface area contributed by atoms with Crippen LogP contribution in [0.5, 0.6) is 0 Å². The average Bonchev–Trinajstić information content (AvgIpc) is 2.38. The Bertz CT molecular complexity index is 435. The van der Waals surface area contributed by atoms with E-state index in [0.717, 1.165) is 11.8 Å². The topological polar surface area (TPSA) is 12.0 Å². The van der Waals surface area contributed by atoms with E-state index < -0.39 is 0 Å². The summed E-state index contributed by atoms with van der Waals surface area (Å²) in [5, 5.41) is 3.93. The van der Waals surface area contributed by atoms with E-state index in [4.69, 9.17) is 0 Å². The molecule has 3 atom stereocenters. The molecule has 20 heavy (non-hydrogen) atoms. The minimum absolute atomic E-state index is 0.458. The Labute approximate surface area is 125 Å². The third-order valence-electron chi connectivity index (χ3n) is 5.03. The fourth-order valence-corrected chi connectivity index (χ4v) is 3.89. The van der Waals surface area contributed by atoms with Crippen LogP contribution in [-0.4, -0.2) is 6.04 Å². The van der Waals surface area contributed by atoms with E-state index in [1.54, 1.807) is 0 Å². The van der Waals surface area contributed by atoms with Crippen molar-refractivity contribution in [2.45, 2.75) is 72.4 Å². The first-order valence-corrected chi connectivity index (χ1v) is 8.32. The summed E-state index contributed by atoms with van der Waals surface area (Å²) in [5.41, 5.74) is 4.24. The third kappa shape index (κ3) is 3.63. The van der Waals surface area contributed by atoms with Crippen LogP contribution in [0.2, 0.25) is 0 Å². The Morgan fingerprint density at radius 2 is 1.75 bits per heavy atom. The molecule has 1 N–H and O–H groups in total. The smallest absolute Gasteiger partial charge is 0.0297 e. The maximum Gasteiger partial charge on any atom is 0.0297 e. The van der Waals surface area contributed by atoms with Gasteiger partial charge in [0.25, 0.3) is 0 Å². The molecule has 2 rings (SSSR count). The molecular weight excluding hydrogens is 242 g/mol. The van der Waals surface area contributed by atoms with E-state index in [2.05, 4.69) is 58.1 Å². The maximum absolute atomic E-state index is 3.93. The van der Waals surface area contributed by atoms with Gasteiger partial charge in [-0.1, -0.05) is 50.5 Å². The summed E-state index contributed by atoms with van der Waals surface area (Å²) in [6.45, 7) is 11.5. The molecule has 0 amide bonds. The van der Waals surface area contributed by atoms with E-state index in [9.17, 15) is 0 Å². The van der Waals surface area contributed by atoms with Gasteiger partial charge in [-0.2, -0.15) is 0 Å². The highest BCUT2D eigenvalue weighted by Crippen LogP contribution is 2.32. The van der Waals surface area contributed by atoms with Gasteiger partial charge in [-0.05, 0) is 56.6 Å². The van der Waals surface area contributed by atoms with E-state index in [-0.39, 0.29) is 0 Å². The van der Waals surface area contributed by atoms with Gasteiger partial charge in [0.2, 0.25) is 0 Å². The zero-order valence-electron chi connectivity index (χ0n) is 13.9. The summed E-state index contributed by atoms with van der Waals surface area (Å²) in [6, 6.07) is 7.99.